The molecule has 3 aromatic carbocycles. The van der Waals surface area contributed by atoms with Crippen LogP contribution in [0.1, 0.15) is 30.4 Å². The number of benzene rings is 3. The van der Waals surface area contributed by atoms with Crippen molar-refractivity contribution in [3.05, 3.63) is 71.9 Å². The minimum Gasteiger partial charge on any atom is -0.493 e. The Morgan fingerprint density at radius 2 is 1.82 bits per heavy atom. The monoisotopic (exact) mass is 509 g/mol. The first-order chi connectivity index (χ1) is 18.8. The lowest BCUT2D eigenvalue weighted by Crippen LogP contribution is -2.40. The molecule has 0 bridgehead atoms. The van der Waals surface area contributed by atoms with Crippen molar-refractivity contribution < 1.29 is 23.5 Å². The van der Waals surface area contributed by atoms with Crippen molar-refractivity contribution in [2.75, 3.05) is 38.5 Å². The van der Waals surface area contributed by atoms with Gasteiger partial charge in [0.05, 0.1) is 24.7 Å². The highest BCUT2D eigenvalue weighted by atomic mass is 16.7. The first-order valence-corrected chi connectivity index (χ1v) is 13.7. The maximum absolute atomic E-state index is 6.40. The summed E-state index contributed by atoms with van der Waals surface area (Å²) in [5.74, 6) is 3.30. The Bertz CT molecular complexity index is 1520. The largest absolute Gasteiger partial charge is 0.493 e. The molecule has 0 saturated heterocycles. The number of pyridine rings is 1. The number of hydrogen-bond acceptors (Lipinski definition) is 5. The number of hydrogen-bond donors (Lipinski definition) is 0. The Morgan fingerprint density at radius 3 is 2.74 bits per heavy atom. The number of ether oxygens (including phenoxy) is 4. The van der Waals surface area contributed by atoms with E-state index in [0.717, 1.165) is 79.1 Å². The predicted octanol–water partition coefficient (Wildman–Crippen LogP) is 5.70. The second kappa shape index (κ2) is 9.75. The van der Waals surface area contributed by atoms with E-state index in [2.05, 4.69) is 64.2 Å². The average Bonchev–Trinajstić information content (AvgIpc) is 3.59. The number of fused-ring (bicyclic) bond motifs is 6. The fraction of sp³-hybridized carbons (Fsp3) is 0.344. The molecular formula is C32H33N2O4+. The van der Waals surface area contributed by atoms with Gasteiger partial charge in [-0.1, -0.05) is 18.2 Å². The van der Waals surface area contributed by atoms with Gasteiger partial charge < -0.3 is 23.8 Å². The van der Waals surface area contributed by atoms with Crippen LogP contribution in [0.2, 0.25) is 0 Å². The highest BCUT2D eigenvalue weighted by Crippen LogP contribution is 2.41. The number of anilines is 1. The van der Waals surface area contributed by atoms with Crippen LogP contribution in [0.4, 0.5) is 5.69 Å². The molecular weight excluding hydrogens is 476 g/mol. The second-order valence-corrected chi connectivity index (χ2v) is 10.3. The fourth-order valence-corrected chi connectivity index (χ4v) is 6.10. The molecule has 6 heteroatoms. The van der Waals surface area contributed by atoms with E-state index >= 15 is 0 Å². The number of aromatic nitrogens is 1. The molecule has 0 spiro atoms. The summed E-state index contributed by atoms with van der Waals surface area (Å²) in [6.45, 7) is 4.13. The van der Waals surface area contributed by atoms with Gasteiger partial charge in [0.25, 0.3) is 0 Å². The van der Waals surface area contributed by atoms with Crippen LogP contribution in [0, 0.1) is 0 Å². The maximum Gasteiger partial charge on any atom is 0.231 e. The van der Waals surface area contributed by atoms with Crippen molar-refractivity contribution >= 4 is 16.5 Å². The third-order valence-electron chi connectivity index (χ3n) is 8.10. The Balaban J connectivity index is 1.06. The molecule has 4 aromatic rings. The highest BCUT2D eigenvalue weighted by molar-refractivity contribution is 5.91. The van der Waals surface area contributed by atoms with E-state index in [1.165, 1.54) is 34.5 Å². The summed E-state index contributed by atoms with van der Waals surface area (Å²) in [6, 6.07) is 19.4. The molecule has 0 N–H and O–H groups in total. The molecule has 194 valence electrons. The predicted molar refractivity (Wildman–Crippen MR) is 148 cm³/mol. The molecule has 6 nitrogen and oxygen atoms in total. The zero-order valence-electron chi connectivity index (χ0n) is 21.9. The molecule has 0 unspecified atom stereocenters. The van der Waals surface area contributed by atoms with Gasteiger partial charge in [-0.05, 0) is 72.5 Å². The van der Waals surface area contributed by atoms with Gasteiger partial charge in [0.15, 0.2) is 35.7 Å². The molecule has 0 atom stereocenters. The number of methoxy groups -OCH3 is 1. The summed E-state index contributed by atoms with van der Waals surface area (Å²) in [7, 11) is 1.71. The third-order valence-corrected chi connectivity index (χ3v) is 8.10. The van der Waals surface area contributed by atoms with E-state index in [1.807, 2.05) is 6.07 Å². The van der Waals surface area contributed by atoms with Crippen molar-refractivity contribution in [2.45, 2.75) is 38.6 Å². The second-order valence-electron chi connectivity index (χ2n) is 10.3. The molecule has 3 aliphatic heterocycles. The Hall–Kier alpha value is -3.93. The third kappa shape index (κ3) is 4.08. The standard InChI is InChI=1S/C32H33N2O4/c1-35-29-10-9-23-17-28-25-19-31-30(37-21-38-31)18-24(25)12-15-34(28)20-26(23)32(29)36-16-6-2-5-13-33-14-11-22-7-3-4-8-27(22)33/h3-4,7-10,17-20H,2,5-6,11-16,21H2,1H3/q+1. The van der Waals surface area contributed by atoms with Gasteiger partial charge in [-0.15, -0.1) is 0 Å². The molecule has 0 saturated carbocycles. The van der Waals surface area contributed by atoms with Crippen molar-refractivity contribution in [1.29, 1.82) is 0 Å². The molecule has 7 rings (SSSR count). The molecule has 0 amide bonds. The summed E-state index contributed by atoms with van der Waals surface area (Å²) >= 11 is 0. The van der Waals surface area contributed by atoms with Crippen molar-refractivity contribution in [2.24, 2.45) is 0 Å². The van der Waals surface area contributed by atoms with Crippen LogP contribution >= 0.6 is 0 Å². The minimum atomic E-state index is 0.294. The molecule has 0 fully saturated rings. The van der Waals surface area contributed by atoms with Crippen molar-refractivity contribution in [3.63, 3.8) is 0 Å². The normalized spacial score (nSPS) is 14.8. The average molecular weight is 510 g/mol. The van der Waals surface area contributed by atoms with Crippen LogP contribution < -0.4 is 28.4 Å². The Kier molecular flexibility index (Phi) is 5.95. The van der Waals surface area contributed by atoms with E-state index in [9.17, 15) is 0 Å². The molecule has 0 radical (unpaired) electrons. The quantitative estimate of drug-likeness (QED) is 0.225. The Morgan fingerprint density at radius 1 is 0.921 bits per heavy atom. The molecule has 1 aromatic heterocycles. The lowest BCUT2D eigenvalue weighted by Gasteiger charge is -2.19. The minimum absolute atomic E-state index is 0.294. The number of rotatable bonds is 8. The molecule has 38 heavy (non-hydrogen) atoms. The first-order valence-electron chi connectivity index (χ1n) is 13.7. The van der Waals surface area contributed by atoms with E-state index in [1.54, 1.807) is 7.11 Å². The number of nitrogens with zero attached hydrogens (tertiary/aromatic N) is 2. The lowest BCUT2D eigenvalue weighted by atomic mass is 9.95. The topological polar surface area (TPSA) is 44.0 Å². The number of unbranched alkanes of at least 4 members (excludes halogenated alkanes) is 2. The van der Waals surface area contributed by atoms with Gasteiger partial charge in [0.2, 0.25) is 12.5 Å². The highest BCUT2D eigenvalue weighted by Gasteiger charge is 2.28. The maximum atomic E-state index is 6.40. The molecule has 3 aliphatic rings. The van der Waals surface area contributed by atoms with E-state index in [-0.39, 0.29) is 0 Å². The smallest absolute Gasteiger partial charge is 0.231 e. The number of para-hydroxylation sites is 1. The first kappa shape index (κ1) is 23.2. The summed E-state index contributed by atoms with van der Waals surface area (Å²) in [5, 5.41) is 2.23. The van der Waals surface area contributed by atoms with E-state index < -0.39 is 0 Å². The molecule has 0 aliphatic carbocycles. The summed E-state index contributed by atoms with van der Waals surface area (Å²) < 4.78 is 25.7. The molecule has 4 heterocycles. The summed E-state index contributed by atoms with van der Waals surface area (Å²) in [5.41, 5.74) is 6.60. The van der Waals surface area contributed by atoms with Gasteiger partial charge in [0.1, 0.15) is 0 Å². The van der Waals surface area contributed by atoms with E-state index in [0.29, 0.717) is 13.4 Å². The zero-order valence-corrected chi connectivity index (χ0v) is 21.9. The zero-order chi connectivity index (χ0) is 25.5. The number of aryl methyl sites for hydroxylation is 2. The van der Waals surface area contributed by atoms with Crippen LogP contribution in [0.25, 0.3) is 22.0 Å². The van der Waals surface area contributed by atoms with Crippen LogP contribution in [0.3, 0.4) is 0 Å². The SMILES string of the molecule is COc1ccc2cc3[n+](cc2c1OCCCCCN1CCc2ccccc21)CCc1cc2c(cc1-3)OCO2. The van der Waals surface area contributed by atoms with Gasteiger partial charge in [-0.3, -0.25) is 0 Å². The van der Waals surface area contributed by atoms with Gasteiger partial charge in [-0.25, -0.2) is 0 Å². The van der Waals surface area contributed by atoms with Crippen LogP contribution in [-0.4, -0.2) is 33.6 Å². The summed E-state index contributed by atoms with van der Waals surface area (Å²) in [6.07, 6.45) is 7.68. The summed E-state index contributed by atoms with van der Waals surface area (Å²) in [4.78, 5) is 2.52. The van der Waals surface area contributed by atoms with Gasteiger partial charge in [-0.2, -0.15) is 4.57 Å². The van der Waals surface area contributed by atoms with E-state index in [4.69, 9.17) is 18.9 Å². The van der Waals surface area contributed by atoms with Crippen molar-refractivity contribution in [1.82, 2.24) is 0 Å². The fourth-order valence-electron chi connectivity index (χ4n) is 6.10. The van der Waals surface area contributed by atoms with Crippen LogP contribution in [0.5, 0.6) is 23.0 Å². The van der Waals surface area contributed by atoms with Crippen molar-refractivity contribution in [3.8, 4) is 34.3 Å². The van der Waals surface area contributed by atoms with Crippen LogP contribution in [-0.2, 0) is 19.4 Å². The van der Waals surface area contributed by atoms with Crippen LogP contribution in [0.15, 0.2) is 60.8 Å². The van der Waals surface area contributed by atoms with Gasteiger partial charge >= 0.3 is 0 Å². The lowest BCUT2D eigenvalue weighted by molar-refractivity contribution is -0.686. The Labute approximate surface area is 223 Å². The van der Waals surface area contributed by atoms with Gasteiger partial charge in [0, 0.05) is 31.3 Å².